The number of nitrogens with two attached hydrogens (primary N) is 1. The molecule has 0 saturated heterocycles. The van der Waals surface area contributed by atoms with Crippen molar-refractivity contribution in [1.29, 1.82) is 0 Å². The monoisotopic (exact) mass is 403 g/mol. The highest BCUT2D eigenvalue weighted by atomic mass is 19.1. The van der Waals surface area contributed by atoms with Crippen molar-refractivity contribution in [2.75, 3.05) is 13.2 Å². The lowest BCUT2D eigenvalue weighted by atomic mass is 9.98. The number of aryl methyl sites for hydroxylation is 1. The number of ether oxygens (including phenoxy) is 1. The molecule has 0 spiro atoms. The number of amides is 1. The molecule has 29 heavy (non-hydrogen) atoms. The number of halogens is 3. The molecule has 0 fully saturated rings. The maximum absolute atomic E-state index is 14.2. The number of H-pyrrole nitrogens is 1. The highest BCUT2D eigenvalue weighted by Crippen LogP contribution is 2.31. The number of carbonyl (C=O) groups is 1. The molecule has 1 unspecified atom stereocenters. The quantitative estimate of drug-likeness (QED) is 0.553. The molecule has 0 saturated carbocycles. The summed E-state index contributed by atoms with van der Waals surface area (Å²) in [7, 11) is 0. The zero-order valence-electron chi connectivity index (χ0n) is 15.5. The van der Waals surface area contributed by atoms with Gasteiger partial charge in [0.25, 0.3) is 5.91 Å². The van der Waals surface area contributed by atoms with Gasteiger partial charge in [0.1, 0.15) is 29.8 Å². The molecule has 0 bridgehead atoms. The summed E-state index contributed by atoms with van der Waals surface area (Å²) in [6.45, 7) is 0.908. The fraction of sp³-hybridized carbons (Fsp3) is 0.286. The summed E-state index contributed by atoms with van der Waals surface area (Å²) in [5.41, 5.74) is 6.97. The minimum Gasteiger partial charge on any atom is -0.491 e. The minimum absolute atomic E-state index is 0.113. The second-order valence-corrected chi connectivity index (χ2v) is 7.16. The summed E-state index contributed by atoms with van der Waals surface area (Å²) in [4.78, 5) is 14.3. The zero-order valence-corrected chi connectivity index (χ0v) is 15.5. The molecule has 4 rings (SSSR count). The first kappa shape index (κ1) is 19.3. The maximum atomic E-state index is 14.2. The molecule has 1 aromatic heterocycles. The lowest BCUT2D eigenvalue weighted by molar-refractivity contribution is 0.0994. The highest BCUT2D eigenvalue weighted by Gasteiger charge is 2.26. The number of nitrogens with one attached hydrogen (secondary N) is 2. The van der Waals surface area contributed by atoms with Crippen LogP contribution in [0.1, 0.15) is 27.9 Å². The normalized spacial score (nSPS) is 15.9. The third-order valence-corrected chi connectivity index (χ3v) is 5.20. The van der Waals surface area contributed by atoms with Crippen molar-refractivity contribution >= 4 is 16.8 Å². The SMILES string of the molecule is NC(=O)c1ccc(F)c2c1OCC(NCCCc1c[nH]c3c(F)cc(F)cc13)C2. The highest BCUT2D eigenvalue weighted by molar-refractivity contribution is 5.96. The van der Waals surface area contributed by atoms with Crippen LogP contribution in [0.3, 0.4) is 0 Å². The van der Waals surface area contributed by atoms with E-state index in [2.05, 4.69) is 10.3 Å². The number of hydrogen-bond acceptors (Lipinski definition) is 3. The van der Waals surface area contributed by atoms with E-state index in [1.807, 2.05) is 0 Å². The molecule has 4 N–H and O–H groups in total. The Labute approximate surface area is 165 Å². The molecule has 1 aliphatic rings. The van der Waals surface area contributed by atoms with Gasteiger partial charge in [0, 0.05) is 29.3 Å². The number of aromatic nitrogens is 1. The van der Waals surface area contributed by atoms with E-state index in [0.717, 1.165) is 18.1 Å². The predicted molar refractivity (Wildman–Crippen MR) is 102 cm³/mol. The largest absolute Gasteiger partial charge is 0.491 e. The molecule has 8 heteroatoms. The van der Waals surface area contributed by atoms with Crippen LogP contribution in [0.5, 0.6) is 5.75 Å². The van der Waals surface area contributed by atoms with Crippen molar-refractivity contribution in [3.05, 3.63) is 64.6 Å². The lowest BCUT2D eigenvalue weighted by Gasteiger charge is -2.27. The number of benzene rings is 2. The molecule has 2 heterocycles. The minimum atomic E-state index is -0.653. The number of fused-ring (bicyclic) bond motifs is 2. The van der Waals surface area contributed by atoms with Gasteiger partial charge in [0.05, 0.1) is 11.1 Å². The third-order valence-electron chi connectivity index (χ3n) is 5.20. The molecular weight excluding hydrogens is 383 g/mol. The summed E-state index contributed by atoms with van der Waals surface area (Å²) in [6, 6.07) is 4.62. The van der Waals surface area contributed by atoms with Crippen LogP contribution < -0.4 is 15.8 Å². The molecular formula is C21H20F3N3O2. The van der Waals surface area contributed by atoms with Crippen molar-refractivity contribution in [2.45, 2.75) is 25.3 Å². The van der Waals surface area contributed by atoms with E-state index in [-0.39, 0.29) is 17.4 Å². The van der Waals surface area contributed by atoms with Gasteiger partial charge in [-0.3, -0.25) is 4.79 Å². The summed E-state index contributed by atoms with van der Waals surface area (Å²) >= 11 is 0. The van der Waals surface area contributed by atoms with E-state index >= 15 is 0 Å². The summed E-state index contributed by atoms with van der Waals surface area (Å²) < 4.78 is 47.0. The third kappa shape index (κ3) is 3.80. The first-order chi connectivity index (χ1) is 13.9. The molecule has 5 nitrogen and oxygen atoms in total. The first-order valence-electron chi connectivity index (χ1n) is 9.36. The predicted octanol–water partition coefficient (Wildman–Crippen LogP) is 3.21. The van der Waals surface area contributed by atoms with Gasteiger partial charge in [-0.05, 0) is 49.6 Å². The number of rotatable bonds is 6. The van der Waals surface area contributed by atoms with Gasteiger partial charge in [-0.2, -0.15) is 0 Å². The molecule has 1 atom stereocenters. The van der Waals surface area contributed by atoms with Crippen molar-refractivity contribution in [3.63, 3.8) is 0 Å². The molecule has 1 aliphatic heterocycles. The van der Waals surface area contributed by atoms with E-state index in [1.165, 1.54) is 18.2 Å². The molecule has 0 radical (unpaired) electrons. The molecule has 3 aromatic rings. The molecule has 152 valence electrons. The average Bonchev–Trinajstić information content (AvgIpc) is 3.08. The van der Waals surface area contributed by atoms with Crippen molar-refractivity contribution < 1.29 is 22.7 Å². The van der Waals surface area contributed by atoms with Crippen LogP contribution in [0.25, 0.3) is 10.9 Å². The summed E-state index contributed by atoms with van der Waals surface area (Å²) in [5, 5.41) is 3.85. The second-order valence-electron chi connectivity index (χ2n) is 7.16. The Hall–Kier alpha value is -3.00. The van der Waals surface area contributed by atoms with Gasteiger partial charge in [0.2, 0.25) is 0 Å². The van der Waals surface area contributed by atoms with Crippen molar-refractivity contribution in [2.24, 2.45) is 5.73 Å². The van der Waals surface area contributed by atoms with Crippen LogP contribution in [-0.4, -0.2) is 30.1 Å². The zero-order chi connectivity index (χ0) is 20.5. The van der Waals surface area contributed by atoms with Crippen molar-refractivity contribution in [3.8, 4) is 5.75 Å². The summed E-state index contributed by atoms with van der Waals surface area (Å²) in [6.07, 6.45) is 3.41. The van der Waals surface area contributed by atoms with Crippen LogP contribution >= 0.6 is 0 Å². The summed E-state index contributed by atoms with van der Waals surface area (Å²) in [5.74, 6) is -2.08. The number of primary amides is 1. The van der Waals surface area contributed by atoms with E-state index in [1.54, 1.807) is 6.20 Å². The Balaban J connectivity index is 1.36. The standard InChI is InChI=1S/C21H20F3N3O2/c22-12-6-15-11(9-27-19(15)18(24)7-12)2-1-5-26-13-8-16-17(23)4-3-14(21(25)28)20(16)29-10-13/h3-4,6-7,9,13,26-27H,1-2,5,8,10H2,(H2,25,28). The Morgan fingerprint density at radius 3 is 2.86 bits per heavy atom. The number of aromatic amines is 1. The average molecular weight is 403 g/mol. The van der Waals surface area contributed by atoms with E-state index < -0.39 is 23.4 Å². The van der Waals surface area contributed by atoms with Crippen LogP contribution in [0.15, 0.2) is 30.5 Å². The Morgan fingerprint density at radius 1 is 1.24 bits per heavy atom. The van der Waals surface area contributed by atoms with E-state index in [4.69, 9.17) is 10.5 Å². The van der Waals surface area contributed by atoms with E-state index in [0.29, 0.717) is 42.5 Å². The van der Waals surface area contributed by atoms with Crippen LogP contribution in [0.2, 0.25) is 0 Å². The van der Waals surface area contributed by atoms with Crippen molar-refractivity contribution in [1.82, 2.24) is 10.3 Å². The van der Waals surface area contributed by atoms with Gasteiger partial charge in [-0.1, -0.05) is 0 Å². The number of carbonyl (C=O) groups excluding carboxylic acids is 1. The molecule has 1 amide bonds. The second kappa shape index (κ2) is 7.79. The lowest BCUT2D eigenvalue weighted by Crippen LogP contribution is -2.40. The Morgan fingerprint density at radius 2 is 2.07 bits per heavy atom. The van der Waals surface area contributed by atoms with Crippen LogP contribution in [0, 0.1) is 17.5 Å². The molecule has 2 aromatic carbocycles. The van der Waals surface area contributed by atoms with Gasteiger partial charge >= 0.3 is 0 Å². The Kier molecular flexibility index (Phi) is 5.19. The van der Waals surface area contributed by atoms with Gasteiger partial charge in [-0.15, -0.1) is 0 Å². The maximum Gasteiger partial charge on any atom is 0.252 e. The Bertz CT molecular complexity index is 1080. The van der Waals surface area contributed by atoms with Gasteiger partial charge in [0.15, 0.2) is 0 Å². The topological polar surface area (TPSA) is 80.1 Å². The first-order valence-corrected chi connectivity index (χ1v) is 9.36. The molecule has 0 aliphatic carbocycles. The fourth-order valence-electron chi connectivity index (χ4n) is 3.78. The fourth-order valence-corrected chi connectivity index (χ4v) is 3.78. The van der Waals surface area contributed by atoms with Gasteiger partial charge < -0.3 is 20.8 Å². The van der Waals surface area contributed by atoms with Crippen LogP contribution in [0.4, 0.5) is 13.2 Å². The van der Waals surface area contributed by atoms with E-state index in [9.17, 15) is 18.0 Å². The van der Waals surface area contributed by atoms with Crippen LogP contribution in [-0.2, 0) is 12.8 Å². The number of hydrogen-bond donors (Lipinski definition) is 3. The van der Waals surface area contributed by atoms with Gasteiger partial charge in [-0.25, -0.2) is 13.2 Å². The smallest absolute Gasteiger partial charge is 0.252 e.